The van der Waals surface area contributed by atoms with E-state index in [4.69, 9.17) is 0 Å². The monoisotopic (exact) mass is 300 g/mol. The average molecular weight is 301 g/mol. The molecule has 0 aromatic carbocycles. The van der Waals surface area contributed by atoms with Crippen LogP contribution < -0.4 is 5.32 Å². The number of halogens is 1. The fourth-order valence-electron chi connectivity index (χ4n) is 1.55. The van der Waals surface area contributed by atoms with Gasteiger partial charge in [0.1, 0.15) is 4.60 Å². The molecule has 5 heteroatoms. The van der Waals surface area contributed by atoms with Gasteiger partial charge in [0, 0.05) is 12.7 Å². The number of pyridine rings is 1. The second-order valence-electron chi connectivity index (χ2n) is 4.27. The third-order valence-corrected chi connectivity index (χ3v) is 3.05. The van der Waals surface area contributed by atoms with Crippen molar-refractivity contribution in [3.05, 3.63) is 28.5 Å². The number of hydrogen-bond donors (Lipinski definition) is 2. The van der Waals surface area contributed by atoms with Gasteiger partial charge in [-0.2, -0.15) is 0 Å². The normalized spacial score (nSPS) is 14.1. The zero-order valence-electron chi connectivity index (χ0n) is 10.0. The summed E-state index contributed by atoms with van der Waals surface area (Å²) in [7, 11) is 0. The lowest BCUT2D eigenvalue weighted by Crippen LogP contribution is -2.40. The van der Waals surface area contributed by atoms with Crippen molar-refractivity contribution in [1.29, 1.82) is 0 Å². The molecule has 0 radical (unpaired) electrons. The van der Waals surface area contributed by atoms with E-state index in [1.54, 1.807) is 25.3 Å². The van der Waals surface area contributed by atoms with Crippen LogP contribution in [0.15, 0.2) is 22.9 Å². The third-order valence-electron chi connectivity index (χ3n) is 2.42. The molecule has 0 aliphatic rings. The molecule has 0 saturated heterocycles. The van der Waals surface area contributed by atoms with Gasteiger partial charge in [-0.05, 0) is 41.4 Å². The highest BCUT2D eigenvalue weighted by molar-refractivity contribution is 9.10. The Hall–Kier alpha value is -0.940. The van der Waals surface area contributed by atoms with Crippen molar-refractivity contribution in [2.75, 3.05) is 6.54 Å². The van der Waals surface area contributed by atoms with Crippen LogP contribution >= 0.6 is 15.9 Å². The van der Waals surface area contributed by atoms with Crippen LogP contribution in [-0.2, 0) is 0 Å². The van der Waals surface area contributed by atoms with Gasteiger partial charge in [-0.25, -0.2) is 4.98 Å². The molecule has 0 aliphatic heterocycles. The number of nitrogens with zero attached hydrogens (tertiary/aromatic N) is 1. The number of carbonyl (C=O) groups excluding carboxylic acids is 1. The number of aromatic nitrogens is 1. The van der Waals surface area contributed by atoms with Crippen molar-refractivity contribution >= 4 is 21.8 Å². The van der Waals surface area contributed by atoms with Crippen LogP contribution in [0.3, 0.4) is 0 Å². The molecule has 1 atom stereocenters. The molecule has 4 nitrogen and oxygen atoms in total. The van der Waals surface area contributed by atoms with Crippen molar-refractivity contribution < 1.29 is 9.90 Å². The largest absolute Gasteiger partial charge is 0.388 e. The first kappa shape index (κ1) is 14.1. The molecule has 2 N–H and O–H groups in total. The first-order valence-electron chi connectivity index (χ1n) is 5.57. The Morgan fingerprint density at radius 2 is 2.35 bits per heavy atom. The Kier molecular flexibility index (Phi) is 5.08. The van der Waals surface area contributed by atoms with E-state index in [1.807, 2.05) is 6.92 Å². The molecule has 1 aromatic rings. The van der Waals surface area contributed by atoms with Crippen LogP contribution in [0, 0.1) is 0 Å². The molecule has 94 valence electrons. The lowest BCUT2D eigenvalue weighted by atomic mass is 10.0. The van der Waals surface area contributed by atoms with Gasteiger partial charge < -0.3 is 10.4 Å². The van der Waals surface area contributed by atoms with E-state index in [0.717, 1.165) is 6.42 Å². The van der Waals surface area contributed by atoms with Gasteiger partial charge in [0.05, 0.1) is 11.2 Å². The Bertz CT molecular complexity index is 394. The molecule has 0 fully saturated rings. The minimum absolute atomic E-state index is 0.235. The van der Waals surface area contributed by atoms with E-state index in [-0.39, 0.29) is 12.5 Å². The molecule has 1 aromatic heterocycles. The maximum absolute atomic E-state index is 11.8. The second kappa shape index (κ2) is 6.12. The van der Waals surface area contributed by atoms with Crippen LogP contribution in [0.4, 0.5) is 0 Å². The van der Waals surface area contributed by atoms with Crippen LogP contribution in [0.5, 0.6) is 0 Å². The van der Waals surface area contributed by atoms with Crippen molar-refractivity contribution in [3.8, 4) is 0 Å². The average Bonchev–Trinajstić information content (AvgIpc) is 2.27. The highest BCUT2D eigenvalue weighted by atomic mass is 79.9. The molecule has 1 unspecified atom stereocenters. The summed E-state index contributed by atoms with van der Waals surface area (Å²) in [5.41, 5.74) is -0.390. The van der Waals surface area contributed by atoms with Crippen LogP contribution in [0.1, 0.15) is 37.0 Å². The summed E-state index contributed by atoms with van der Waals surface area (Å²) >= 11 is 3.21. The molecule has 1 rings (SSSR count). The quantitative estimate of drug-likeness (QED) is 0.819. The zero-order chi connectivity index (χ0) is 12.9. The summed E-state index contributed by atoms with van der Waals surface area (Å²) in [6, 6.07) is 3.38. The Morgan fingerprint density at radius 1 is 1.65 bits per heavy atom. The van der Waals surface area contributed by atoms with Gasteiger partial charge in [0.25, 0.3) is 5.91 Å². The molecular formula is C12H17BrN2O2. The van der Waals surface area contributed by atoms with E-state index >= 15 is 0 Å². The summed E-state index contributed by atoms with van der Waals surface area (Å²) in [6.07, 6.45) is 3.13. The van der Waals surface area contributed by atoms with Crippen molar-refractivity contribution in [3.63, 3.8) is 0 Å². The molecule has 17 heavy (non-hydrogen) atoms. The summed E-state index contributed by atoms with van der Waals surface area (Å²) in [4.78, 5) is 15.8. The minimum Gasteiger partial charge on any atom is -0.388 e. The maximum atomic E-state index is 11.8. The standard InChI is InChI=1S/C12H17BrN2O2/c1-3-6-12(2,17)8-15-11(16)9-5-4-7-14-10(9)13/h4-5,7,17H,3,6,8H2,1-2H3,(H,15,16). The molecule has 0 saturated carbocycles. The van der Waals surface area contributed by atoms with E-state index < -0.39 is 5.60 Å². The zero-order valence-corrected chi connectivity index (χ0v) is 11.6. The van der Waals surface area contributed by atoms with Gasteiger partial charge in [0.15, 0.2) is 0 Å². The predicted octanol–water partition coefficient (Wildman–Crippen LogP) is 2.12. The molecule has 0 aliphatic carbocycles. The Labute approximate surface area is 110 Å². The van der Waals surface area contributed by atoms with Gasteiger partial charge in [-0.1, -0.05) is 13.3 Å². The first-order chi connectivity index (χ1) is 7.96. The second-order valence-corrected chi connectivity index (χ2v) is 5.02. The molecular weight excluding hydrogens is 284 g/mol. The first-order valence-corrected chi connectivity index (χ1v) is 6.36. The van der Waals surface area contributed by atoms with E-state index in [9.17, 15) is 9.90 Å². The number of carbonyl (C=O) groups is 1. The lowest BCUT2D eigenvalue weighted by Gasteiger charge is -2.22. The van der Waals surface area contributed by atoms with Crippen LogP contribution in [-0.4, -0.2) is 28.1 Å². The number of aliphatic hydroxyl groups is 1. The summed E-state index contributed by atoms with van der Waals surface area (Å²) in [5, 5.41) is 12.6. The van der Waals surface area contributed by atoms with Crippen LogP contribution in [0.2, 0.25) is 0 Å². The predicted molar refractivity (Wildman–Crippen MR) is 69.8 cm³/mol. The summed E-state index contributed by atoms with van der Waals surface area (Å²) in [5.74, 6) is -0.235. The number of amides is 1. The van der Waals surface area contributed by atoms with Gasteiger partial charge in [-0.3, -0.25) is 4.79 Å². The van der Waals surface area contributed by atoms with Crippen molar-refractivity contribution in [2.45, 2.75) is 32.3 Å². The maximum Gasteiger partial charge on any atom is 0.254 e. The van der Waals surface area contributed by atoms with Gasteiger partial charge in [0.2, 0.25) is 0 Å². The Morgan fingerprint density at radius 3 is 2.94 bits per heavy atom. The van der Waals surface area contributed by atoms with Crippen molar-refractivity contribution in [2.24, 2.45) is 0 Å². The molecule has 0 bridgehead atoms. The smallest absolute Gasteiger partial charge is 0.254 e. The van der Waals surface area contributed by atoms with E-state index in [2.05, 4.69) is 26.2 Å². The SMILES string of the molecule is CCCC(C)(O)CNC(=O)c1cccnc1Br. The highest BCUT2D eigenvalue weighted by Crippen LogP contribution is 2.14. The van der Waals surface area contributed by atoms with Crippen molar-refractivity contribution in [1.82, 2.24) is 10.3 Å². The third kappa shape index (κ3) is 4.44. The number of nitrogens with one attached hydrogen (secondary N) is 1. The summed E-state index contributed by atoms with van der Waals surface area (Å²) < 4.78 is 0.507. The highest BCUT2D eigenvalue weighted by Gasteiger charge is 2.20. The molecule has 0 spiro atoms. The van der Waals surface area contributed by atoms with Gasteiger partial charge in [-0.15, -0.1) is 0 Å². The van der Waals surface area contributed by atoms with Crippen LogP contribution in [0.25, 0.3) is 0 Å². The lowest BCUT2D eigenvalue weighted by molar-refractivity contribution is 0.0469. The minimum atomic E-state index is -0.862. The molecule has 1 heterocycles. The molecule has 1 amide bonds. The Balaban J connectivity index is 2.59. The fraction of sp³-hybridized carbons (Fsp3) is 0.500. The number of hydrogen-bond acceptors (Lipinski definition) is 3. The van der Waals surface area contributed by atoms with E-state index in [1.165, 1.54) is 0 Å². The number of rotatable bonds is 5. The topological polar surface area (TPSA) is 62.2 Å². The summed E-state index contributed by atoms with van der Waals surface area (Å²) in [6.45, 7) is 3.95. The fourth-order valence-corrected chi connectivity index (χ4v) is 1.98. The van der Waals surface area contributed by atoms with E-state index in [0.29, 0.717) is 16.6 Å². The van der Waals surface area contributed by atoms with Gasteiger partial charge >= 0.3 is 0 Å².